The van der Waals surface area contributed by atoms with Gasteiger partial charge in [0, 0.05) is 6.08 Å². The molecule has 0 unspecified atom stereocenters. The topological polar surface area (TPSA) is 90.2 Å². The van der Waals surface area contributed by atoms with E-state index in [2.05, 4.69) is 5.32 Å². The Bertz CT molecular complexity index is 585. The van der Waals surface area contributed by atoms with Gasteiger partial charge in [-0.2, -0.15) is 5.26 Å². The van der Waals surface area contributed by atoms with Crippen LogP contribution in [-0.4, -0.2) is 23.0 Å². The Morgan fingerprint density at radius 1 is 1.43 bits per heavy atom. The molecule has 0 spiro atoms. The van der Waals surface area contributed by atoms with Gasteiger partial charge in [0.2, 0.25) is 5.91 Å². The van der Waals surface area contributed by atoms with Crippen LogP contribution in [-0.2, 0) is 9.59 Å². The van der Waals surface area contributed by atoms with E-state index in [1.165, 1.54) is 6.08 Å². The van der Waals surface area contributed by atoms with E-state index in [1.807, 2.05) is 19.9 Å². The second kappa shape index (κ2) is 7.85. The summed E-state index contributed by atoms with van der Waals surface area (Å²) in [5.41, 5.74) is 1.21. The van der Waals surface area contributed by atoms with E-state index in [4.69, 9.17) is 10.4 Å². The Morgan fingerprint density at radius 3 is 2.71 bits per heavy atom. The van der Waals surface area contributed by atoms with E-state index in [0.717, 1.165) is 0 Å². The van der Waals surface area contributed by atoms with Gasteiger partial charge in [-0.25, -0.2) is 4.79 Å². The van der Waals surface area contributed by atoms with Crippen molar-refractivity contribution < 1.29 is 14.7 Å². The van der Waals surface area contributed by atoms with Crippen LogP contribution in [0.2, 0.25) is 0 Å². The smallest absolute Gasteiger partial charge is 0.326 e. The second-order valence-corrected chi connectivity index (χ2v) is 5.10. The molecule has 1 aromatic rings. The first-order chi connectivity index (χ1) is 9.92. The van der Waals surface area contributed by atoms with Gasteiger partial charge in [-0.05, 0) is 36.1 Å². The second-order valence-electron chi connectivity index (χ2n) is 5.10. The Kier molecular flexibility index (Phi) is 6.15. The maximum atomic E-state index is 11.7. The monoisotopic (exact) mass is 286 g/mol. The average molecular weight is 286 g/mol. The molecular formula is C16H18N2O3. The van der Waals surface area contributed by atoms with Crippen molar-refractivity contribution in [2.45, 2.75) is 26.3 Å². The summed E-state index contributed by atoms with van der Waals surface area (Å²) in [6.45, 7) is 3.79. The predicted octanol–water partition coefficient (Wildman–Crippen LogP) is 2.19. The molecular weight excluding hydrogens is 268 g/mol. The van der Waals surface area contributed by atoms with Gasteiger partial charge in [0.05, 0.1) is 11.6 Å². The number of carbonyl (C=O) groups is 2. The molecule has 21 heavy (non-hydrogen) atoms. The highest BCUT2D eigenvalue weighted by Gasteiger charge is 2.19. The molecule has 1 amide bonds. The molecule has 0 saturated heterocycles. The molecule has 0 aliphatic heterocycles. The van der Waals surface area contributed by atoms with Crippen LogP contribution in [0.4, 0.5) is 0 Å². The van der Waals surface area contributed by atoms with Crippen molar-refractivity contribution in [2.75, 3.05) is 0 Å². The maximum Gasteiger partial charge on any atom is 0.326 e. The number of aliphatic carboxylic acids is 1. The molecule has 0 aliphatic carbocycles. The molecule has 2 N–H and O–H groups in total. The zero-order chi connectivity index (χ0) is 15.8. The van der Waals surface area contributed by atoms with Crippen LogP contribution in [0.25, 0.3) is 6.08 Å². The lowest BCUT2D eigenvalue weighted by Gasteiger charge is -2.15. The number of nitrogens with one attached hydrogen (secondary N) is 1. The summed E-state index contributed by atoms with van der Waals surface area (Å²) in [6, 6.07) is 7.90. The molecule has 0 saturated carbocycles. The lowest BCUT2D eigenvalue weighted by atomic mass is 10.0. The molecule has 1 atom stereocenters. The first kappa shape index (κ1) is 16.4. The number of carboxylic acid groups (broad SMARTS) is 1. The molecule has 0 aromatic heterocycles. The zero-order valence-electron chi connectivity index (χ0n) is 12.0. The van der Waals surface area contributed by atoms with E-state index >= 15 is 0 Å². The number of hydrogen-bond acceptors (Lipinski definition) is 3. The van der Waals surface area contributed by atoms with Crippen molar-refractivity contribution in [3.8, 4) is 6.07 Å². The summed E-state index contributed by atoms with van der Waals surface area (Å²) >= 11 is 0. The van der Waals surface area contributed by atoms with Crippen molar-refractivity contribution in [1.29, 1.82) is 5.26 Å². The van der Waals surface area contributed by atoms with E-state index in [-0.39, 0.29) is 5.92 Å². The number of amides is 1. The molecule has 0 bridgehead atoms. The molecule has 0 radical (unpaired) electrons. The largest absolute Gasteiger partial charge is 0.480 e. The normalized spacial score (nSPS) is 12.1. The van der Waals surface area contributed by atoms with Gasteiger partial charge < -0.3 is 10.4 Å². The van der Waals surface area contributed by atoms with Crippen molar-refractivity contribution in [3.05, 3.63) is 41.5 Å². The third-order valence-electron chi connectivity index (χ3n) is 2.76. The van der Waals surface area contributed by atoms with Gasteiger partial charge in [0.15, 0.2) is 0 Å². The van der Waals surface area contributed by atoms with E-state index in [0.29, 0.717) is 17.5 Å². The Hall–Kier alpha value is -2.61. The Balaban J connectivity index is 2.69. The molecule has 5 nitrogen and oxygen atoms in total. The summed E-state index contributed by atoms with van der Waals surface area (Å²) < 4.78 is 0. The Morgan fingerprint density at radius 2 is 2.14 bits per heavy atom. The standard InChI is InChI=1S/C16H18N2O3/c1-11(2)8-14(16(20)21)18-15(19)7-6-12-4-3-5-13(9-12)10-17/h3-7,9,11,14H,8H2,1-2H3,(H,18,19)(H,20,21)/b7-6+/t14-/m0/s1. The van der Waals surface area contributed by atoms with Crippen LogP contribution in [0, 0.1) is 17.2 Å². The van der Waals surface area contributed by atoms with Gasteiger partial charge in [-0.1, -0.05) is 26.0 Å². The van der Waals surface area contributed by atoms with E-state index < -0.39 is 17.9 Å². The number of nitriles is 1. The fraction of sp³-hybridized carbons (Fsp3) is 0.312. The number of nitrogens with zero attached hydrogens (tertiary/aromatic N) is 1. The fourth-order valence-corrected chi connectivity index (χ4v) is 1.80. The molecule has 110 valence electrons. The first-order valence-electron chi connectivity index (χ1n) is 6.64. The Labute approximate surface area is 123 Å². The summed E-state index contributed by atoms with van der Waals surface area (Å²) in [5.74, 6) is -1.34. The zero-order valence-corrected chi connectivity index (χ0v) is 12.0. The molecule has 1 aromatic carbocycles. The minimum atomic E-state index is -1.04. The van der Waals surface area contributed by atoms with Crippen LogP contribution in [0.15, 0.2) is 30.3 Å². The van der Waals surface area contributed by atoms with E-state index in [1.54, 1.807) is 30.3 Å². The third kappa shape index (κ3) is 5.91. The van der Waals surface area contributed by atoms with Crippen LogP contribution >= 0.6 is 0 Å². The highest BCUT2D eigenvalue weighted by Crippen LogP contribution is 2.07. The van der Waals surface area contributed by atoms with Crippen LogP contribution in [0.1, 0.15) is 31.4 Å². The number of rotatable bonds is 6. The van der Waals surface area contributed by atoms with Gasteiger partial charge in [0.1, 0.15) is 6.04 Å². The lowest BCUT2D eigenvalue weighted by molar-refractivity contribution is -0.141. The summed E-state index contributed by atoms with van der Waals surface area (Å²) in [5, 5.41) is 20.3. The van der Waals surface area contributed by atoms with Gasteiger partial charge >= 0.3 is 5.97 Å². The highest BCUT2D eigenvalue weighted by atomic mass is 16.4. The van der Waals surface area contributed by atoms with Gasteiger partial charge in [-0.3, -0.25) is 4.79 Å². The SMILES string of the molecule is CC(C)C[C@H](NC(=O)/C=C/c1cccc(C#N)c1)C(=O)O. The fourth-order valence-electron chi connectivity index (χ4n) is 1.80. The lowest BCUT2D eigenvalue weighted by Crippen LogP contribution is -2.40. The molecule has 1 rings (SSSR count). The van der Waals surface area contributed by atoms with Gasteiger partial charge in [-0.15, -0.1) is 0 Å². The molecule has 0 aliphatic rings. The van der Waals surface area contributed by atoms with Crippen molar-refractivity contribution >= 4 is 18.0 Å². The average Bonchev–Trinajstić information content (AvgIpc) is 2.44. The number of hydrogen-bond donors (Lipinski definition) is 2. The highest BCUT2D eigenvalue weighted by molar-refractivity contribution is 5.94. The quantitative estimate of drug-likeness (QED) is 0.784. The summed E-state index contributed by atoms with van der Waals surface area (Å²) in [4.78, 5) is 22.8. The van der Waals surface area contributed by atoms with Crippen molar-refractivity contribution in [3.63, 3.8) is 0 Å². The number of carboxylic acids is 1. The predicted molar refractivity (Wildman–Crippen MR) is 79.2 cm³/mol. The molecule has 5 heteroatoms. The van der Waals surface area contributed by atoms with Crippen LogP contribution in [0.5, 0.6) is 0 Å². The van der Waals surface area contributed by atoms with Crippen LogP contribution in [0.3, 0.4) is 0 Å². The van der Waals surface area contributed by atoms with Crippen molar-refractivity contribution in [1.82, 2.24) is 5.32 Å². The molecule has 0 heterocycles. The molecule has 0 fully saturated rings. The number of benzene rings is 1. The minimum absolute atomic E-state index is 0.169. The maximum absolute atomic E-state index is 11.7. The van der Waals surface area contributed by atoms with Crippen LogP contribution < -0.4 is 5.32 Å². The minimum Gasteiger partial charge on any atom is -0.480 e. The summed E-state index contributed by atoms with van der Waals surface area (Å²) in [6.07, 6.45) is 3.19. The third-order valence-corrected chi connectivity index (χ3v) is 2.76. The summed E-state index contributed by atoms with van der Waals surface area (Å²) in [7, 11) is 0. The number of carbonyl (C=O) groups excluding carboxylic acids is 1. The van der Waals surface area contributed by atoms with Gasteiger partial charge in [0.25, 0.3) is 0 Å². The van der Waals surface area contributed by atoms with Crippen molar-refractivity contribution in [2.24, 2.45) is 5.92 Å². The van der Waals surface area contributed by atoms with E-state index in [9.17, 15) is 9.59 Å². The first-order valence-corrected chi connectivity index (χ1v) is 6.64.